The summed E-state index contributed by atoms with van der Waals surface area (Å²) in [5, 5.41) is 4.46. The first kappa shape index (κ1) is 15.4. The third-order valence-electron chi connectivity index (χ3n) is 4.39. The van der Waals surface area contributed by atoms with E-state index in [1.165, 1.54) is 13.5 Å². The molecule has 4 rings (SSSR count). The van der Waals surface area contributed by atoms with E-state index in [2.05, 4.69) is 10.1 Å². The highest BCUT2D eigenvalue weighted by Crippen LogP contribution is 2.27. The molecule has 0 saturated carbocycles. The number of aromatic nitrogens is 2. The number of rotatable bonds is 3. The van der Waals surface area contributed by atoms with Crippen molar-refractivity contribution in [3.8, 4) is 5.75 Å². The van der Waals surface area contributed by atoms with Gasteiger partial charge >= 0.3 is 5.63 Å². The van der Waals surface area contributed by atoms with Gasteiger partial charge in [0.25, 0.3) is 5.91 Å². The summed E-state index contributed by atoms with van der Waals surface area (Å²) in [6.07, 6.45) is 1.99. The Morgan fingerprint density at radius 3 is 3.04 bits per heavy atom. The van der Waals surface area contributed by atoms with E-state index in [9.17, 15) is 9.59 Å². The van der Waals surface area contributed by atoms with Crippen molar-refractivity contribution in [1.29, 1.82) is 0 Å². The molecule has 3 aromatic rings. The number of carbonyl (C=O) groups is 1. The van der Waals surface area contributed by atoms with Crippen molar-refractivity contribution in [1.82, 2.24) is 15.0 Å². The van der Waals surface area contributed by atoms with Crippen LogP contribution in [0.4, 0.5) is 0 Å². The molecule has 3 heterocycles. The largest absolute Gasteiger partial charge is 0.493 e. The van der Waals surface area contributed by atoms with Gasteiger partial charge in [0, 0.05) is 24.4 Å². The Kier molecular flexibility index (Phi) is 3.72. The number of benzene rings is 1. The monoisotopic (exact) mass is 341 g/mol. The van der Waals surface area contributed by atoms with E-state index in [1.54, 1.807) is 29.2 Å². The normalized spacial score (nSPS) is 17.2. The highest BCUT2D eigenvalue weighted by atomic mass is 16.5. The lowest BCUT2D eigenvalue weighted by molar-refractivity contribution is 0.0786. The molecular weight excluding hydrogens is 326 g/mol. The minimum absolute atomic E-state index is 0.00881. The maximum Gasteiger partial charge on any atom is 0.349 e. The number of fused-ring (bicyclic) bond motifs is 1. The van der Waals surface area contributed by atoms with E-state index in [-0.39, 0.29) is 17.4 Å². The number of methoxy groups -OCH3 is 1. The van der Waals surface area contributed by atoms with E-state index < -0.39 is 5.63 Å². The van der Waals surface area contributed by atoms with Crippen LogP contribution in [0.15, 0.2) is 44.4 Å². The molecule has 1 aromatic carbocycles. The highest BCUT2D eigenvalue weighted by molar-refractivity contribution is 5.97. The fourth-order valence-electron chi connectivity index (χ4n) is 3.11. The SMILES string of the molecule is COc1cccc2cc(C(=O)N3CC[C@H](c4ncon4)C3)c(=O)oc12. The molecule has 8 heteroatoms. The van der Waals surface area contributed by atoms with Crippen LogP contribution in [0.2, 0.25) is 0 Å². The number of likely N-dealkylation sites (tertiary alicyclic amines) is 1. The standard InChI is InChI=1S/C17H15N3O5/c1-23-13-4-2-3-10-7-12(17(22)25-14(10)13)16(21)20-6-5-11(8-20)15-18-9-24-19-15/h2-4,7,9,11H,5-6,8H2,1H3/t11-/m0/s1. The number of para-hydroxylation sites is 1. The van der Waals surface area contributed by atoms with E-state index in [1.807, 2.05) is 0 Å². The molecule has 1 atom stereocenters. The molecule has 25 heavy (non-hydrogen) atoms. The summed E-state index contributed by atoms with van der Waals surface area (Å²) in [6, 6.07) is 6.79. The summed E-state index contributed by atoms with van der Waals surface area (Å²) in [7, 11) is 1.50. The van der Waals surface area contributed by atoms with E-state index in [0.717, 1.165) is 6.42 Å². The van der Waals surface area contributed by atoms with E-state index in [4.69, 9.17) is 13.7 Å². The topological polar surface area (TPSA) is 98.7 Å². The average molecular weight is 341 g/mol. The zero-order valence-corrected chi connectivity index (χ0v) is 13.5. The molecule has 1 saturated heterocycles. The molecule has 0 bridgehead atoms. The lowest BCUT2D eigenvalue weighted by Crippen LogP contribution is -2.32. The summed E-state index contributed by atoms with van der Waals surface area (Å²) >= 11 is 0. The number of ether oxygens (including phenoxy) is 1. The fourth-order valence-corrected chi connectivity index (χ4v) is 3.11. The lowest BCUT2D eigenvalue weighted by atomic mass is 10.1. The van der Waals surface area contributed by atoms with Gasteiger partial charge in [0.15, 0.2) is 17.2 Å². The summed E-state index contributed by atoms with van der Waals surface area (Å²) in [6.45, 7) is 0.960. The van der Waals surface area contributed by atoms with Crippen LogP contribution in [0, 0.1) is 0 Å². The van der Waals surface area contributed by atoms with Crippen LogP contribution < -0.4 is 10.4 Å². The Hall–Kier alpha value is -3.16. The minimum Gasteiger partial charge on any atom is -0.493 e. The molecule has 0 N–H and O–H groups in total. The Morgan fingerprint density at radius 2 is 2.28 bits per heavy atom. The van der Waals surface area contributed by atoms with Crippen molar-refractivity contribution in [2.75, 3.05) is 20.2 Å². The van der Waals surface area contributed by atoms with Crippen LogP contribution in [0.3, 0.4) is 0 Å². The van der Waals surface area contributed by atoms with Gasteiger partial charge in [-0.2, -0.15) is 4.98 Å². The van der Waals surface area contributed by atoms with Gasteiger partial charge in [-0.1, -0.05) is 17.3 Å². The molecule has 2 aromatic heterocycles. The highest BCUT2D eigenvalue weighted by Gasteiger charge is 2.31. The predicted molar refractivity (Wildman–Crippen MR) is 86.6 cm³/mol. The lowest BCUT2D eigenvalue weighted by Gasteiger charge is -2.15. The van der Waals surface area contributed by atoms with Gasteiger partial charge in [-0.3, -0.25) is 4.79 Å². The fraction of sp³-hybridized carbons (Fsp3) is 0.294. The van der Waals surface area contributed by atoms with Gasteiger partial charge in [-0.05, 0) is 18.6 Å². The number of hydrogen-bond donors (Lipinski definition) is 0. The number of amides is 1. The van der Waals surface area contributed by atoms with Gasteiger partial charge in [0.1, 0.15) is 5.56 Å². The second-order valence-electron chi connectivity index (χ2n) is 5.85. The molecule has 0 spiro atoms. The van der Waals surface area contributed by atoms with Crippen molar-refractivity contribution < 1.29 is 18.5 Å². The molecule has 0 unspecified atom stereocenters. The molecule has 1 aliphatic rings. The zero-order chi connectivity index (χ0) is 17.4. The van der Waals surface area contributed by atoms with Crippen LogP contribution in [0.5, 0.6) is 5.75 Å². The van der Waals surface area contributed by atoms with Crippen LogP contribution in [-0.4, -0.2) is 41.1 Å². The van der Waals surface area contributed by atoms with E-state index in [0.29, 0.717) is 35.6 Å². The van der Waals surface area contributed by atoms with E-state index >= 15 is 0 Å². The predicted octanol–water partition coefficient (Wildman–Crippen LogP) is 1.81. The zero-order valence-electron chi connectivity index (χ0n) is 13.5. The van der Waals surface area contributed by atoms with Crippen LogP contribution in [-0.2, 0) is 0 Å². The quantitative estimate of drug-likeness (QED) is 0.670. The number of nitrogens with zero attached hydrogens (tertiary/aromatic N) is 3. The number of hydrogen-bond acceptors (Lipinski definition) is 7. The van der Waals surface area contributed by atoms with Gasteiger partial charge in [0.2, 0.25) is 6.39 Å². The van der Waals surface area contributed by atoms with Crippen molar-refractivity contribution in [3.63, 3.8) is 0 Å². The summed E-state index contributed by atoms with van der Waals surface area (Å²) < 4.78 is 15.3. The van der Waals surface area contributed by atoms with Crippen molar-refractivity contribution in [3.05, 3.63) is 52.5 Å². The van der Waals surface area contributed by atoms with Crippen LogP contribution in [0.25, 0.3) is 11.0 Å². The Bertz CT molecular complexity index is 980. The van der Waals surface area contributed by atoms with Crippen molar-refractivity contribution in [2.45, 2.75) is 12.3 Å². The molecule has 0 aliphatic carbocycles. The Balaban J connectivity index is 1.64. The van der Waals surface area contributed by atoms with Gasteiger partial charge in [0.05, 0.1) is 7.11 Å². The van der Waals surface area contributed by atoms with Gasteiger partial charge in [-0.15, -0.1) is 0 Å². The van der Waals surface area contributed by atoms with Crippen molar-refractivity contribution >= 4 is 16.9 Å². The second-order valence-corrected chi connectivity index (χ2v) is 5.85. The first-order valence-corrected chi connectivity index (χ1v) is 7.84. The minimum atomic E-state index is -0.676. The van der Waals surface area contributed by atoms with Crippen LogP contribution >= 0.6 is 0 Å². The second kappa shape index (κ2) is 6.04. The molecule has 8 nitrogen and oxygen atoms in total. The Morgan fingerprint density at radius 1 is 1.40 bits per heavy atom. The van der Waals surface area contributed by atoms with Crippen LogP contribution in [0.1, 0.15) is 28.5 Å². The molecule has 1 amide bonds. The molecule has 1 aliphatic heterocycles. The summed E-state index contributed by atoms with van der Waals surface area (Å²) in [5.41, 5.74) is -0.336. The first-order chi connectivity index (χ1) is 12.2. The van der Waals surface area contributed by atoms with Crippen molar-refractivity contribution in [2.24, 2.45) is 0 Å². The molecule has 0 radical (unpaired) electrons. The summed E-state index contributed by atoms with van der Waals surface area (Å²) in [5.74, 6) is 0.678. The van der Waals surface area contributed by atoms with Gasteiger partial charge < -0.3 is 18.6 Å². The Labute approximate surface area is 142 Å². The first-order valence-electron chi connectivity index (χ1n) is 7.84. The smallest absolute Gasteiger partial charge is 0.349 e. The maximum absolute atomic E-state index is 12.8. The third-order valence-corrected chi connectivity index (χ3v) is 4.39. The maximum atomic E-state index is 12.8. The van der Waals surface area contributed by atoms with Gasteiger partial charge in [-0.25, -0.2) is 4.79 Å². The molecule has 1 fully saturated rings. The summed E-state index contributed by atoms with van der Waals surface area (Å²) in [4.78, 5) is 30.7. The average Bonchev–Trinajstić information content (AvgIpc) is 3.31. The molecule has 128 valence electrons. The molecular formula is C17H15N3O5. The third kappa shape index (κ3) is 2.65. The number of carbonyl (C=O) groups excluding carboxylic acids is 1.